The smallest absolute Gasteiger partial charge is 0.311 e. The first kappa shape index (κ1) is 38.6. The Hall–Kier alpha value is -1.42. The fourth-order valence-corrected chi connectivity index (χ4v) is 6.36. The number of hydrogen-bond donors (Lipinski definition) is 1. The molecule has 0 spiro atoms. The Bertz CT molecular complexity index is 1090. The number of benzene rings is 1. The predicted molar refractivity (Wildman–Crippen MR) is 173 cm³/mol. The number of alkyl halides is 1. The van der Waals surface area contributed by atoms with Crippen molar-refractivity contribution in [3.05, 3.63) is 29.8 Å². The van der Waals surface area contributed by atoms with Crippen molar-refractivity contribution in [2.75, 3.05) is 13.2 Å². The van der Waals surface area contributed by atoms with Crippen LogP contribution < -0.4 is 0 Å². The molecule has 242 valence electrons. The minimum Gasteiger partial charge on any atom is -0.465 e. The summed E-state index contributed by atoms with van der Waals surface area (Å²) >= 11 is 6.51. The number of ether oxygens (including phenoxy) is 2. The van der Waals surface area contributed by atoms with Gasteiger partial charge in [-0.15, -0.1) is 11.6 Å². The van der Waals surface area contributed by atoms with Crippen molar-refractivity contribution in [2.45, 2.75) is 134 Å². The second-order valence-corrected chi connectivity index (χ2v) is 21.8. The summed E-state index contributed by atoms with van der Waals surface area (Å²) in [6.07, 6.45) is 5.32. The number of hydrogen-bond acceptors (Lipinski definition) is 6. The first-order valence-electron chi connectivity index (χ1n) is 15.3. The van der Waals surface area contributed by atoms with Crippen molar-refractivity contribution in [1.82, 2.24) is 0 Å². The minimum absolute atomic E-state index is 0.213. The zero-order valence-electron chi connectivity index (χ0n) is 27.3. The van der Waals surface area contributed by atoms with Crippen molar-refractivity contribution in [3.8, 4) is 0 Å². The van der Waals surface area contributed by atoms with Gasteiger partial charge in [-0.25, -0.2) is 0 Å². The fourth-order valence-electron chi connectivity index (χ4n) is 4.74. The standard InChI is InChI=1S/C32H55ClO7SSi/c1-10-12-19-39-29(34)25(22-27(33)11-2)21-26(24-14-16-28(17-15-24)41(36,37)38)23-31(3,4)30(35)40-20-13-18-32(5,6)42(7,8)9/h14-17,25-27H,10-13,18-23H2,1-9H3,(H,36,37,38). The summed E-state index contributed by atoms with van der Waals surface area (Å²) < 4.78 is 44.1. The van der Waals surface area contributed by atoms with E-state index in [1.54, 1.807) is 12.1 Å². The summed E-state index contributed by atoms with van der Waals surface area (Å²) in [5.41, 5.74) is -0.114. The van der Waals surface area contributed by atoms with Crippen molar-refractivity contribution in [3.63, 3.8) is 0 Å². The molecule has 0 aliphatic carbocycles. The molecule has 0 amide bonds. The molecule has 0 aliphatic heterocycles. The number of unbranched alkanes of at least 4 members (excludes halogenated alkanes) is 1. The van der Waals surface area contributed by atoms with Crippen molar-refractivity contribution in [1.29, 1.82) is 0 Å². The van der Waals surface area contributed by atoms with E-state index in [1.165, 1.54) is 12.1 Å². The van der Waals surface area contributed by atoms with E-state index in [0.717, 1.165) is 31.2 Å². The molecule has 0 saturated carbocycles. The molecule has 10 heteroatoms. The lowest BCUT2D eigenvalue weighted by atomic mass is 9.75. The summed E-state index contributed by atoms with van der Waals surface area (Å²) in [6.45, 7) is 20.0. The van der Waals surface area contributed by atoms with Crippen molar-refractivity contribution >= 4 is 41.7 Å². The van der Waals surface area contributed by atoms with Gasteiger partial charge in [-0.05, 0) is 87.4 Å². The average molecular weight is 647 g/mol. The molecule has 3 atom stereocenters. The zero-order valence-corrected chi connectivity index (χ0v) is 29.9. The summed E-state index contributed by atoms with van der Waals surface area (Å²) in [5, 5.41) is 0.0166. The molecule has 0 heterocycles. The highest BCUT2D eigenvalue weighted by Gasteiger charge is 2.37. The Morgan fingerprint density at radius 1 is 0.952 bits per heavy atom. The summed E-state index contributed by atoms with van der Waals surface area (Å²) in [5.74, 6) is -1.41. The third-order valence-electron chi connectivity index (χ3n) is 8.80. The third kappa shape index (κ3) is 12.7. The Balaban J connectivity index is 3.21. The number of carbonyl (C=O) groups is 2. The fraction of sp³-hybridized carbons (Fsp3) is 0.750. The van der Waals surface area contributed by atoms with Gasteiger partial charge in [-0.1, -0.05) is 65.9 Å². The summed E-state index contributed by atoms with van der Waals surface area (Å²) in [6, 6.07) is 5.94. The SMILES string of the molecule is CCCCOC(=O)C(CC(Cl)CC)CC(CC(C)(C)C(=O)OCCCC(C)(C)[Si](C)(C)C)c1ccc(S(=O)(=O)O)cc1. The topological polar surface area (TPSA) is 107 Å². The van der Waals surface area contributed by atoms with Crippen LogP contribution in [0.2, 0.25) is 24.7 Å². The molecule has 1 N–H and O–H groups in total. The van der Waals surface area contributed by atoms with Crippen LogP contribution in [0.4, 0.5) is 0 Å². The monoisotopic (exact) mass is 646 g/mol. The van der Waals surface area contributed by atoms with E-state index in [9.17, 15) is 22.6 Å². The van der Waals surface area contributed by atoms with E-state index >= 15 is 0 Å². The maximum absolute atomic E-state index is 13.3. The van der Waals surface area contributed by atoms with Gasteiger partial charge in [0.1, 0.15) is 0 Å². The Kier molecular flexibility index (Phi) is 15.3. The number of rotatable bonds is 19. The molecule has 1 rings (SSSR count). The number of halogens is 1. The van der Waals surface area contributed by atoms with Gasteiger partial charge in [-0.2, -0.15) is 8.42 Å². The average Bonchev–Trinajstić information content (AvgIpc) is 2.88. The van der Waals surface area contributed by atoms with Gasteiger partial charge >= 0.3 is 11.9 Å². The highest BCUT2D eigenvalue weighted by atomic mass is 35.5. The van der Waals surface area contributed by atoms with E-state index in [0.29, 0.717) is 38.9 Å². The van der Waals surface area contributed by atoms with Crippen LogP contribution in [0.1, 0.15) is 104 Å². The quantitative estimate of drug-likeness (QED) is 0.0527. The molecule has 0 aliphatic rings. The predicted octanol–water partition coefficient (Wildman–Crippen LogP) is 8.63. The molecule has 0 bridgehead atoms. The Morgan fingerprint density at radius 3 is 2.02 bits per heavy atom. The van der Waals surface area contributed by atoms with Crippen molar-refractivity contribution in [2.24, 2.45) is 11.3 Å². The van der Waals surface area contributed by atoms with E-state index < -0.39 is 29.5 Å². The first-order valence-corrected chi connectivity index (χ1v) is 20.7. The van der Waals surface area contributed by atoms with Gasteiger partial charge < -0.3 is 9.47 Å². The van der Waals surface area contributed by atoms with Crippen LogP contribution in [0.25, 0.3) is 0 Å². The van der Waals surface area contributed by atoms with Gasteiger partial charge in [0.15, 0.2) is 0 Å². The Labute approximate surface area is 261 Å². The van der Waals surface area contributed by atoms with Crippen LogP contribution in [0.3, 0.4) is 0 Å². The van der Waals surface area contributed by atoms with Crippen LogP contribution in [-0.4, -0.2) is 51.6 Å². The van der Waals surface area contributed by atoms with Gasteiger partial charge in [0.05, 0.1) is 29.4 Å². The molecule has 0 saturated heterocycles. The van der Waals surface area contributed by atoms with Crippen LogP contribution >= 0.6 is 11.6 Å². The van der Waals surface area contributed by atoms with Gasteiger partial charge in [0, 0.05) is 13.5 Å². The minimum atomic E-state index is -4.36. The van der Waals surface area contributed by atoms with Crippen molar-refractivity contribution < 1.29 is 32.0 Å². The lowest BCUT2D eigenvalue weighted by Crippen LogP contribution is -2.35. The molecule has 0 radical (unpaired) electrons. The molecular weight excluding hydrogens is 592 g/mol. The molecule has 7 nitrogen and oxygen atoms in total. The summed E-state index contributed by atoms with van der Waals surface area (Å²) in [7, 11) is -5.72. The second kappa shape index (κ2) is 16.6. The van der Waals surface area contributed by atoms with E-state index in [1.807, 2.05) is 27.7 Å². The third-order valence-corrected chi connectivity index (χ3v) is 14.5. The molecule has 42 heavy (non-hydrogen) atoms. The number of esters is 2. The molecule has 0 fully saturated rings. The maximum Gasteiger partial charge on any atom is 0.311 e. The highest BCUT2D eigenvalue weighted by Crippen LogP contribution is 2.42. The molecule has 0 aromatic heterocycles. The van der Waals surface area contributed by atoms with Crippen LogP contribution in [0.5, 0.6) is 0 Å². The number of carbonyl (C=O) groups excluding carboxylic acids is 2. The van der Waals surface area contributed by atoms with E-state index in [-0.39, 0.29) is 33.2 Å². The lowest BCUT2D eigenvalue weighted by molar-refractivity contribution is -0.154. The van der Waals surface area contributed by atoms with Crippen LogP contribution in [-0.2, 0) is 29.2 Å². The zero-order chi connectivity index (χ0) is 32.4. The van der Waals surface area contributed by atoms with E-state index in [2.05, 4.69) is 33.5 Å². The Morgan fingerprint density at radius 2 is 1.52 bits per heavy atom. The molecule has 1 aromatic rings. The molecule has 3 unspecified atom stereocenters. The largest absolute Gasteiger partial charge is 0.465 e. The van der Waals surface area contributed by atoms with Crippen LogP contribution in [0, 0.1) is 11.3 Å². The summed E-state index contributed by atoms with van der Waals surface area (Å²) in [4.78, 5) is 26.3. The highest BCUT2D eigenvalue weighted by molar-refractivity contribution is 7.85. The lowest BCUT2D eigenvalue weighted by Gasteiger charge is -2.37. The normalized spacial score (nSPS) is 15.1. The first-order chi connectivity index (χ1) is 19.2. The maximum atomic E-state index is 13.3. The molecular formula is C32H55ClO7SSi. The van der Waals surface area contributed by atoms with Crippen LogP contribution in [0.15, 0.2) is 29.2 Å². The van der Waals surface area contributed by atoms with Gasteiger partial charge in [0.25, 0.3) is 10.1 Å². The molecule has 1 aromatic carbocycles. The van der Waals surface area contributed by atoms with E-state index in [4.69, 9.17) is 21.1 Å². The van der Waals surface area contributed by atoms with Gasteiger partial charge in [0.2, 0.25) is 0 Å². The second-order valence-electron chi connectivity index (χ2n) is 13.9. The van der Waals surface area contributed by atoms with Gasteiger partial charge in [-0.3, -0.25) is 14.1 Å².